The van der Waals surface area contributed by atoms with Gasteiger partial charge in [0.2, 0.25) is 0 Å². The van der Waals surface area contributed by atoms with E-state index in [4.69, 9.17) is 15.0 Å². The number of methoxy groups -OCH3 is 1. The zero-order valence-corrected chi connectivity index (χ0v) is 11.8. The first kappa shape index (κ1) is 15.7. The molecule has 0 atom stereocenters. The third kappa shape index (κ3) is 4.40. The van der Waals surface area contributed by atoms with Gasteiger partial charge >= 0.3 is 0 Å². The van der Waals surface area contributed by atoms with E-state index >= 15 is 0 Å². The van der Waals surface area contributed by atoms with Crippen molar-refractivity contribution in [1.29, 1.82) is 5.41 Å². The van der Waals surface area contributed by atoms with Crippen LogP contribution in [0.5, 0.6) is 5.75 Å². The average Bonchev–Trinajstić information content (AvgIpc) is 2.50. The molecule has 1 rings (SSSR count). The van der Waals surface area contributed by atoms with Crippen molar-refractivity contribution in [2.24, 2.45) is 0 Å². The van der Waals surface area contributed by atoms with E-state index in [0.29, 0.717) is 6.54 Å². The molecule has 0 aliphatic carbocycles. The van der Waals surface area contributed by atoms with Gasteiger partial charge < -0.3 is 15.5 Å². The fraction of sp³-hybridized carbons (Fsp3) is 0.286. The minimum Gasteiger partial charge on any atom is -0.497 e. The number of carbonyl (C=O) groups is 1. The summed E-state index contributed by atoms with van der Waals surface area (Å²) in [6, 6.07) is 7.57. The molecule has 0 saturated carbocycles. The van der Waals surface area contributed by atoms with E-state index in [1.165, 1.54) is 20.4 Å². The lowest BCUT2D eigenvalue weighted by Gasteiger charge is -2.13. The van der Waals surface area contributed by atoms with Crippen molar-refractivity contribution in [3.05, 3.63) is 41.6 Å². The largest absolute Gasteiger partial charge is 0.497 e. The Labute approximate surface area is 118 Å². The van der Waals surface area contributed by atoms with Crippen LogP contribution in [0.1, 0.15) is 5.56 Å². The molecule has 0 radical (unpaired) electrons. The van der Waals surface area contributed by atoms with E-state index in [9.17, 15) is 4.79 Å². The van der Waals surface area contributed by atoms with Crippen LogP contribution in [0.3, 0.4) is 0 Å². The maximum absolute atomic E-state index is 11.8. The van der Waals surface area contributed by atoms with E-state index in [1.54, 1.807) is 7.11 Å². The van der Waals surface area contributed by atoms with E-state index in [0.717, 1.165) is 22.6 Å². The van der Waals surface area contributed by atoms with Gasteiger partial charge in [-0.1, -0.05) is 12.1 Å². The summed E-state index contributed by atoms with van der Waals surface area (Å²) < 4.78 is 5.07. The lowest BCUT2D eigenvalue weighted by atomic mass is 10.2. The van der Waals surface area contributed by atoms with Crippen molar-refractivity contribution < 1.29 is 14.4 Å². The summed E-state index contributed by atoms with van der Waals surface area (Å²) in [4.78, 5) is 16.5. The predicted molar refractivity (Wildman–Crippen MR) is 76.5 cm³/mol. The molecule has 20 heavy (non-hydrogen) atoms. The number of rotatable bonds is 7. The third-order valence-electron chi connectivity index (χ3n) is 2.69. The molecule has 0 bridgehead atoms. The summed E-state index contributed by atoms with van der Waals surface area (Å²) in [7, 11) is 4.50. The lowest BCUT2D eigenvalue weighted by molar-refractivity contribution is -0.163. The molecule has 0 saturated heterocycles. The second kappa shape index (κ2) is 7.96. The van der Waals surface area contributed by atoms with Gasteiger partial charge in [0.1, 0.15) is 5.75 Å². The molecule has 6 nitrogen and oxygen atoms in total. The van der Waals surface area contributed by atoms with Crippen molar-refractivity contribution in [3.63, 3.8) is 0 Å². The van der Waals surface area contributed by atoms with Crippen molar-refractivity contribution in [2.45, 2.75) is 6.54 Å². The molecule has 1 amide bonds. The summed E-state index contributed by atoms with van der Waals surface area (Å²) in [5, 5.41) is 11.3. The van der Waals surface area contributed by atoms with Gasteiger partial charge in [-0.25, -0.2) is 5.06 Å². The van der Waals surface area contributed by atoms with E-state index in [1.807, 2.05) is 24.3 Å². The Balaban J connectivity index is 2.60. The van der Waals surface area contributed by atoms with Crippen molar-refractivity contribution in [3.8, 4) is 5.75 Å². The number of benzene rings is 1. The highest BCUT2D eigenvalue weighted by Crippen LogP contribution is 2.10. The van der Waals surface area contributed by atoms with Gasteiger partial charge in [0, 0.05) is 26.0 Å². The molecule has 108 valence electrons. The van der Waals surface area contributed by atoms with Gasteiger partial charge in [-0.2, -0.15) is 0 Å². The first-order valence-corrected chi connectivity index (χ1v) is 6.01. The number of nitrogens with zero attached hydrogens (tertiary/aromatic N) is 1. The van der Waals surface area contributed by atoms with Gasteiger partial charge in [-0.05, 0) is 17.7 Å². The normalized spacial score (nSPS) is 10.8. The summed E-state index contributed by atoms with van der Waals surface area (Å²) in [5.41, 5.74) is 1.25. The molecule has 0 aromatic heterocycles. The molecule has 0 unspecified atom stereocenters. The van der Waals surface area contributed by atoms with Crippen molar-refractivity contribution >= 4 is 12.1 Å². The number of hydrogen-bond donors (Lipinski definition) is 2. The van der Waals surface area contributed by atoms with Gasteiger partial charge in [0.05, 0.1) is 19.8 Å². The van der Waals surface area contributed by atoms with Crippen LogP contribution in [0.25, 0.3) is 0 Å². The molecule has 0 aliphatic rings. The fourth-order valence-electron chi connectivity index (χ4n) is 1.45. The van der Waals surface area contributed by atoms with Gasteiger partial charge in [0.25, 0.3) is 5.91 Å². The van der Waals surface area contributed by atoms with Gasteiger partial charge in [-0.15, -0.1) is 0 Å². The van der Waals surface area contributed by atoms with Crippen LogP contribution in [-0.4, -0.2) is 38.5 Å². The number of hydroxylamine groups is 2. The van der Waals surface area contributed by atoms with Crippen LogP contribution in [0.2, 0.25) is 0 Å². The number of carbonyl (C=O) groups excluding carboxylic acids is 1. The molecule has 1 aromatic carbocycles. The average molecular weight is 277 g/mol. The number of amides is 1. The van der Waals surface area contributed by atoms with Crippen LogP contribution in [0.15, 0.2) is 36.0 Å². The molecule has 0 aliphatic heterocycles. The standard InChI is InChI=1S/C14H19N3O3/c1-17(20-3)14(18)12(8-15)10-16-9-11-4-6-13(19-2)7-5-11/h4-8,10,15-16H,9H2,1-3H3/b12-10+,15-8?. The Hall–Kier alpha value is -2.34. The lowest BCUT2D eigenvalue weighted by Crippen LogP contribution is -2.28. The highest BCUT2D eigenvalue weighted by atomic mass is 16.7. The predicted octanol–water partition coefficient (Wildman–Crippen LogP) is 1.34. The van der Waals surface area contributed by atoms with Crippen LogP contribution in [0.4, 0.5) is 0 Å². The molecule has 0 fully saturated rings. The second-order valence-electron chi connectivity index (χ2n) is 3.96. The first-order valence-electron chi connectivity index (χ1n) is 6.01. The molecule has 0 spiro atoms. The smallest absolute Gasteiger partial charge is 0.280 e. The molecule has 6 heteroatoms. The fourth-order valence-corrected chi connectivity index (χ4v) is 1.45. The van der Waals surface area contributed by atoms with E-state index < -0.39 is 0 Å². The molecular formula is C14H19N3O3. The molecule has 2 N–H and O–H groups in total. The molecular weight excluding hydrogens is 258 g/mol. The Morgan fingerprint density at radius 3 is 2.50 bits per heavy atom. The van der Waals surface area contributed by atoms with E-state index in [-0.39, 0.29) is 11.5 Å². The van der Waals surface area contributed by atoms with Gasteiger partial charge in [0.15, 0.2) is 0 Å². The minimum atomic E-state index is -0.385. The molecule has 1 aromatic rings. The maximum Gasteiger partial charge on any atom is 0.280 e. The van der Waals surface area contributed by atoms with Crippen LogP contribution >= 0.6 is 0 Å². The van der Waals surface area contributed by atoms with Crippen molar-refractivity contribution in [1.82, 2.24) is 10.4 Å². The van der Waals surface area contributed by atoms with Crippen molar-refractivity contribution in [2.75, 3.05) is 21.3 Å². The number of likely N-dealkylation sites (N-methyl/N-ethyl adjacent to an activating group) is 1. The number of hydrogen-bond acceptors (Lipinski definition) is 5. The Morgan fingerprint density at radius 2 is 2.00 bits per heavy atom. The summed E-state index contributed by atoms with van der Waals surface area (Å²) in [6.07, 6.45) is 2.48. The topological polar surface area (TPSA) is 74.7 Å². The highest BCUT2D eigenvalue weighted by molar-refractivity contribution is 6.10. The quantitative estimate of drug-likeness (QED) is 0.448. The zero-order valence-electron chi connectivity index (χ0n) is 11.8. The SMILES string of the molecule is COc1ccc(CN/C=C(\C=N)C(=O)N(C)OC)cc1. The summed E-state index contributed by atoms with van der Waals surface area (Å²) in [5.74, 6) is 0.408. The maximum atomic E-state index is 11.8. The summed E-state index contributed by atoms with van der Waals surface area (Å²) >= 11 is 0. The third-order valence-corrected chi connectivity index (χ3v) is 2.69. The van der Waals surface area contributed by atoms with Crippen LogP contribution < -0.4 is 10.1 Å². The van der Waals surface area contributed by atoms with Gasteiger partial charge in [-0.3, -0.25) is 9.63 Å². The zero-order chi connectivity index (χ0) is 15.0. The second-order valence-corrected chi connectivity index (χ2v) is 3.96. The summed E-state index contributed by atoms with van der Waals surface area (Å²) in [6.45, 7) is 0.547. The van der Waals surface area contributed by atoms with Crippen LogP contribution in [0, 0.1) is 5.41 Å². The number of nitrogens with one attached hydrogen (secondary N) is 2. The van der Waals surface area contributed by atoms with E-state index in [2.05, 4.69) is 5.32 Å². The monoisotopic (exact) mass is 277 g/mol. The minimum absolute atomic E-state index is 0.211. The molecule has 0 heterocycles. The number of ether oxygens (including phenoxy) is 1. The Kier molecular flexibility index (Phi) is 6.25. The Morgan fingerprint density at radius 1 is 1.35 bits per heavy atom. The first-order chi connectivity index (χ1) is 9.62. The van der Waals surface area contributed by atoms with Crippen LogP contribution in [-0.2, 0) is 16.2 Å². The Bertz CT molecular complexity index is 483. The highest BCUT2D eigenvalue weighted by Gasteiger charge is 2.11.